The predicted octanol–water partition coefficient (Wildman–Crippen LogP) is 2.87. The van der Waals surface area contributed by atoms with Gasteiger partial charge in [0.15, 0.2) is 0 Å². The zero-order valence-corrected chi connectivity index (χ0v) is 9.76. The van der Waals surface area contributed by atoms with Crippen molar-refractivity contribution in [3.63, 3.8) is 0 Å². The third kappa shape index (κ3) is 6.39. The van der Waals surface area contributed by atoms with Crippen LogP contribution in [0.5, 0.6) is 0 Å². The van der Waals surface area contributed by atoms with E-state index >= 15 is 0 Å². The van der Waals surface area contributed by atoms with Crippen molar-refractivity contribution in [3.8, 4) is 0 Å². The van der Waals surface area contributed by atoms with Crippen LogP contribution in [0.15, 0.2) is 0 Å². The van der Waals surface area contributed by atoms with Crippen molar-refractivity contribution in [2.45, 2.75) is 70.8 Å². The first-order valence-corrected chi connectivity index (χ1v) is 6.01. The Morgan fingerprint density at radius 1 is 0.857 bits per heavy atom. The molecule has 0 fully saturated rings. The van der Waals surface area contributed by atoms with Gasteiger partial charge in [-0.15, -0.1) is 0 Å². The van der Waals surface area contributed by atoms with E-state index in [1.807, 2.05) is 0 Å². The zero-order chi connectivity index (χ0) is 10.9. The molecule has 0 saturated heterocycles. The molecule has 0 aromatic heterocycles. The smallest absolute Gasteiger partial charge is 0.0877 e. The van der Waals surface area contributed by atoms with E-state index in [9.17, 15) is 5.11 Å². The van der Waals surface area contributed by atoms with Gasteiger partial charge in [0.2, 0.25) is 0 Å². The molecule has 2 N–H and O–H groups in total. The van der Waals surface area contributed by atoms with Crippen LogP contribution in [0.3, 0.4) is 0 Å². The summed E-state index contributed by atoms with van der Waals surface area (Å²) >= 11 is 0. The number of unbranched alkanes of at least 4 members (excludes halogenated alkanes) is 4. The van der Waals surface area contributed by atoms with Crippen LogP contribution in [0.1, 0.15) is 65.2 Å². The third-order valence-electron chi connectivity index (χ3n) is 2.79. The Morgan fingerprint density at radius 3 is 1.93 bits per heavy atom. The minimum atomic E-state index is -0.802. The topological polar surface area (TPSA) is 40.5 Å². The lowest BCUT2D eigenvalue weighted by molar-refractivity contribution is -0.0311. The van der Waals surface area contributed by atoms with Crippen molar-refractivity contribution in [2.75, 3.05) is 6.61 Å². The second-order valence-corrected chi connectivity index (χ2v) is 4.30. The first-order chi connectivity index (χ1) is 6.68. The second kappa shape index (κ2) is 8.25. The van der Waals surface area contributed by atoms with E-state index < -0.39 is 5.60 Å². The molecule has 0 aromatic rings. The van der Waals surface area contributed by atoms with Crippen molar-refractivity contribution in [3.05, 3.63) is 0 Å². The summed E-state index contributed by atoms with van der Waals surface area (Å²) < 4.78 is 0. The molecule has 0 aliphatic carbocycles. The SMILES string of the molecule is CCCCCCC(O)(CO)CCCC. The van der Waals surface area contributed by atoms with Gasteiger partial charge in [0.25, 0.3) is 0 Å². The molecule has 0 saturated carbocycles. The fraction of sp³-hybridized carbons (Fsp3) is 1.00. The molecule has 0 radical (unpaired) electrons. The van der Waals surface area contributed by atoms with Crippen LogP contribution in [0.2, 0.25) is 0 Å². The Hall–Kier alpha value is -0.0800. The second-order valence-electron chi connectivity index (χ2n) is 4.30. The van der Waals surface area contributed by atoms with Gasteiger partial charge in [0, 0.05) is 0 Å². The molecule has 1 unspecified atom stereocenters. The molecule has 0 aromatic carbocycles. The molecule has 0 aliphatic heterocycles. The zero-order valence-electron chi connectivity index (χ0n) is 9.76. The van der Waals surface area contributed by atoms with Crippen LogP contribution in [0.25, 0.3) is 0 Å². The van der Waals surface area contributed by atoms with E-state index in [-0.39, 0.29) is 6.61 Å². The molecular weight excluding hydrogens is 176 g/mol. The van der Waals surface area contributed by atoms with Gasteiger partial charge in [-0.3, -0.25) is 0 Å². The summed E-state index contributed by atoms with van der Waals surface area (Å²) in [5.74, 6) is 0. The van der Waals surface area contributed by atoms with Gasteiger partial charge in [0.05, 0.1) is 12.2 Å². The van der Waals surface area contributed by atoms with Crippen molar-refractivity contribution in [1.82, 2.24) is 0 Å². The summed E-state index contributed by atoms with van der Waals surface area (Å²) in [6, 6.07) is 0. The lowest BCUT2D eigenvalue weighted by Crippen LogP contribution is -2.33. The first kappa shape index (κ1) is 13.9. The summed E-state index contributed by atoms with van der Waals surface area (Å²) in [5, 5.41) is 19.1. The van der Waals surface area contributed by atoms with Crippen molar-refractivity contribution >= 4 is 0 Å². The van der Waals surface area contributed by atoms with E-state index in [0.29, 0.717) is 0 Å². The lowest BCUT2D eigenvalue weighted by Gasteiger charge is -2.25. The maximum Gasteiger partial charge on any atom is 0.0877 e. The molecule has 0 aliphatic rings. The molecule has 2 heteroatoms. The number of aliphatic hydroxyl groups excluding tert-OH is 1. The normalized spacial score (nSPS) is 15.4. The molecule has 1 atom stereocenters. The highest BCUT2D eigenvalue weighted by Gasteiger charge is 2.24. The monoisotopic (exact) mass is 202 g/mol. The maximum absolute atomic E-state index is 10.0. The molecule has 0 amide bonds. The van der Waals surface area contributed by atoms with Gasteiger partial charge < -0.3 is 10.2 Å². The van der Waals surface area contributed by atoms with E-state index in [0.717, 1.165) is 32.1 Å². The van der Waals surface area contributed by atoms with E-state index in [2.05, 4.69) is 13.8 Å². The summed E-state index contributed by atoms with van der Waals surface area (Å²) in [4.78, 5) is 0. The van der Waals surface area contributed by atoms with Gasteiger partial charge >= 0.3 is 0 Å². The van der Waals surface area contributed by atoms with Crippen LogP contribution < -0.4 is 0 Å². The van der Waals surface area contributed by atoms with Gasteiger partial charge in [-0.25, -0.2) is 0 Å². The molecule has 0 heterocycles. The lowest BCUT2D eigenvalue weighted by atomic mass is 9.91. The average Bonchev–Trinajstić information content (AvgIpc) is 2.22. The summed E-state index contributed by atoms with van der Waals surface area (Å²) in [6.45, 7) is 4.20. The number of aliphatic hydroxyl groups is 2. The molecule has 0 bridgehead atoms. The Morgan fingerprint density at radius 2 is 1.43 bits per heavy atom. The Bertz CT molecular complexity index is 125. The largest absolute Gasteiger partial charge is 0.393 e. The number of hydrogen-bond donors (Lipinski definition) is 2. The third-order valence-corrected chi connectivity index (χ3v) is 2.79. The van der Waals surface area contributed by atoms with E-state index in [1.54, 1.807) is 0 Å². The van der Waals surface area contributed by atoms with Gasteiger partial charge in [0.1, 0.15) is 0 Å². The number of hydrogen-bond acceptors (Lipinski definition) is 2. The number of rotatable bonds is 9. The molecule has 14 heavy (non-hydrogen) atoms. The van der Waals surface area contributed by atoms with Crippen LogP contribution in [-0.2, 0) is 0 Å². The minimum absolute atomic E-state index is 0.0842. The van der Waals surface area contributed by atoms with Crippen LogP contribution in [-0.4, -0.2) is 22.4 Å². The fourth-order valence-corrected chi connectivity index (χ4v) is 1.67. The molecule has 0 rings (SSSR count). The van der Waals surface area contributed by atoms with Crippen LogP contribution in [0.4, 0.5) is 0 Å². The summed E-state index contributed by atoms with van der Waals surface area (Å²) in [5.41, 5.74) is -0.802. The van der Waals surface area contributed by atoms with Crippen LogP contribution in [0, 0.1) is 0 Å². The van der Waals surface area contributed by atoms with Crippen LogP contribution >= 0.6 is 0 Å². The van der Waals surface area contributed by atoms with Crippen molar-refractivity contribution in [1.29, 1.82) is 0 Å². The van der Waals surface area contributed by atoms with Gasteiger partial charge in [-0.2, -0.15) is 0 Å². The highest BCUT2D eigenvalue weighted by Crippen LogP contribution is 2.21. The molecule has 0 spiro atoms. The van der Waals surface area contributed by atoms with E-state index in [4.69, 9.17) is 5.11 Å². The quantitative estimate of drug-likeness (QED) is 0.564. The highest BCUT2D eigenvalue weighted by molar-refractivity contribution is 4.76. The Labute approximate surface area is 88.3 Å². The fourth-order valence-electron chi connectivity index (χ4n) is 1.67. The molecule has 86 valence electrons. The highest BCUT2D eigenvalue weighted by atomic mass is 16.3. The Kier molecular flexibility index (Phi) is 8.20. The first-order valence-electron chi connectivity index (χ1n) is 6.01. The molecule has 2 nitrogen and oxygen atoms in total. The summed E-state index contributed by atoms with van der Waals surface area (Å²) in [6.07, 6.45) is 8.24. The van der Waals surface area contributed by atoms with Crippen molar-refractivity contribution < 1.29 is 10.2 Å². The molecular formula is C12H26O2. The predicted molar refractivity (Wildman–Crippen MR) is 60.3 cm³/mol. The average molecular weight is 202 g/mol. The van der Waals surface area contributed by atoms with Crippen molar-refractivity contribution in [2.24, 2.45) is 0 Å². The van der Waals surface area contributed by atoms with E-state index in [1.165, 1.54) is 19.3 Å². The van der Waals surface area contributed by atoms with Gasteiger partial charge in [-0.1, -0.05) is 52.4 Å². The van der Waals surface area contributed by atoms with Gasteiger partial charge in [-0.05, 0) is 12.8 Å². The minimum Gasteiger partial charge on any atom is -0.393 e. The summed E-state index contributed by atoms with van der Waals surface area (Å²) in [7, 11) is 0. The Balaban J connectivity index is 3.63. The standard InChI is InChI=1S/C12H26O2/c1-3-5-7-8-10-12(14,11-13)9-6-4-2/h13-14H,3-11H2,1-2H3. The maximum atomic E-state index is 10.0.